The number of rotatable bonds is 4. The number of anilines is 2. The van der Waals surface area contributed by atoms with Crippen molar-refractivity contribution in [1.82, 2.24) is 29.4 Å². The molecule has 2 amide bonds. The van der Waals surface area contributed by atoms with Gasteiger partial charge in [0.15, 0.2) is 13.5 Å². The highest BCUT2D eigenvalue weighted by Gasteiger charge is 2.56. The highest BCUT2D eigenvalue weighted by molar-refractivity contribution is 6.30. The number of imidazole rings is 1. The van der Waals surface area contributed by atoms with Crippen molar-refractivity contribution < 1.29 is 9.59 Å². The van der Waals surface area contributed by atoms with Gasteiger partial charge in [0.2, 0.25) is 17.8 Å². The zero-order valence-electron chi connectivity index (χ0n) is 15.8. The van der Waals surface area contributed by atoms with Gasteiger partial charge in [-0.1, -0.05) is 12.1 Å². The summed E-state index contributed by atoms with van der Waals surface area (Å²) in [4.78, 5) is 44.3. The summed E-state index contributed by atoms with van der Waals surface area (Å²) in [5.41, 5.74) is 7.55. The minimum absolute atomic E-state index is 0.0443. The molecule has 0 bridgehead atoms. The number of nitrogens with two attached hydrogens (primary N) is 1. The number of hydrogen-bond acceptors (Lipinski definition) is 7. The fraction of sp³-hybridized carbons (Fsp3) is 0.333. The van der Waals surface area contributed by atoms with Gasteiger partial charge in [-0.2, -0.15) is 4.98 Å². The topological polar surface area (TPSA) is 132 Å². The lowest BCUT2D eigenvalue weighted by Crippen LogP contribution is -2.46. The van der Waals surface area contributed by atoms with Crippen molar-refractivity contribution in [2.45, 2.75) is 31.5 Å². The van der Waals surface area contributed by atoms with Crippen LogP contribution in [0, 0.1) is 5.92 Å². The van der Waals surface area contributed by atoms with E-state index < -0.39 is 6.04 Å². The lowest BCUT2D eigenvalue weighted by molar-refractivity contribution is -0.138. The number of nitrogens with one attached hydrogen (secondary N) is 1. The summed E-state index contributed by atoms with van der Waals surface area (Å²) < 4.78 is 1.64. The molecule has 1 saturated heterocycles. The Labute approximate surface area is 167 Å². The molecule has 1 saturated carbocycles. The molecule has 4 heterocycles. The Balaban J connectivity index is 1.35. The van der Waals surface area contributed by atoms with Crippen molar-refractivity contribution in [3.63, 3.8) is 0 Å². The van der Waals surface area contributed by atoms with Crippen molar-refractivity contribution in [3.05, 3.63) is 30.7 Å². The fourth-order valence-electron chi connectivity index (χ4n) is 4.08. The summed E-state index contributed by atoms with van der Waals surface area (Å²) in [5.74, 6) is 0.668. The van der Waals surface area contributed by atoms with Gasteiger partial charge in [-0.3, -0.25) is 9.59 Å². The van der Waals surface area contributed by atoms with Gasteiger partial charge >= 0.3 is 0 Å². The normalized spacial score (nSPS) is 22.5. The first-order valence-electron chi connectivity index (χ1n) is 9.48. The van der Waals surface area contributed by atoms with Crippen LogP contribution in [0.3, 0.4) is 0 Å². The van der Waals surface area contributed by atoms with Gasteiger partial charge in [0.25, 0.3) is 0 Å². The van der Waals surface area contributed by atoms with Gasteiger partial charge < -0.3 is 20.5 Å². The van der Waals surface area contributed by atoms with E-state index in [0.29, 0.717) is 29.3 Å². The second kappa shape index (κ2) is 6.54. The van der Waals surface area contributed by atoms with Crippen molar-refractivity contribution >= 4 is 48.2 Å². The molecule has 3 aromatic rings. The molecular formula is C18H19BN8O2. The number of hydrogen-bond donors (Lipinski definition) is 2. The van der Waals surface area contributed by atoms with Gasteiger partial charge in [-0.15, -0.1) is 0 Å². The number of pyridine rings is 1. The van der Waals surface area contributed by atoms with Gasteiger partial charge in [0.05, 0.1) is 12.5 Å². The van der Waals surface area contributed by atoms with E-state index in [-0.39, 0.29) is 30.3 Å². The molecule has 0 unspecified atom stereocenters. The summed E-state index contributed by atoms with van der Waals surface area (Å²) in [7, 11) is 1.86. The molecule has 0 spiro atoms. The van der Waals surface area contributed by atoms with E-state index in [0.717, 1.165) is 12.0 Å². The lowest BCUT2D eigenvalue weighted by Gasteiger charge is -2.27. The van der Waals surface area contributed by atoms with E-state index >= 15 is 0 Å². The number of piperidine rings is 1. The first kappa shape index (κ1) is 17.6. The molecule has 29 heavy (non-hydrogen) atoms. The van der Waals surface area contributed by atoms with Crippen molar-refractivity contribution in [2.24, 2.45) is 5.92 Å². The highest BCUT2D eigenvalue weighted by Crippen LogP contribution is 2.48. The van der Waals surface area contributed by atoms with Gasteiger partial charge in [0, 0.05) is 6.04 Å². The number of aromatic nitrogens is 5. The van der Waals surface area contributed by atoms with E-state index in [1.165, 1.54) is 6.20 Å². The Morgan fingerprint density at radius 1 is 1.24 bits per heavy atom. The van der Waals surface area contributed by atoms with Crippen molar-refractivity contribution in [3.8, 4) is 0 Å². The zero-order valence-corrected chi connectivity index (χ0v) is 15.8. The Kier molecular flexibility index (Phi) is 3.97. The van der Waals surface area contributed by atoms with Gasteiger partial charge in [-0.05, 0) is 30.4 Å². The molecule has 1 aliphatic heterocycles. The van der Waals surface area contributed by atoms with Crippen LogP contribution in [0.5, 0.6) is 0 Å². The van der Waals surface area contributed by atoms with Crippen LogP contribution >= 0.6 is 0 Å². The second-order valence-corrected chi connectivity index (χ2v) is 7.58. The van der Waals surface area contributed by atoms with E-state index in [1.807, 2.05) is 20.0 Å². The third-order valence-electron chi connectivity index (χ3n) is 5.52. The van der Waals surface area contributed by atoms with Crippen LogP contribution in [0.2, 0.25) is 0 Å². The summed E-state index contributed by atoms with van der Waals surface area (Å²) >= 11 is 0. The van der Waals surface area contributed by atoms with Crippen LogP contribution in [0.4, 0.5) is 11.8 Å². The molecule has 3 atom stereocenters. The summed E-state index contributed by atoms with van der Waals surface area (Å²) in [6.45, 7) is 0.0443. The standard InChI is InChI=1S/C18H19BN8O2/c19-13-2-1-3-14(23-13)24-17(29)12-5-9-4-11(9)27(12)15(28)7-26-8-22-10-6-21-18(20)25-16(10)26/h1-3,6,8-9,11-12H,4-5,7,19H2,(H2,20,21,25)(H,23,24,29)/t9-,11-,12+/m1/s1. The van der Waals surface area contributed by atoms with Crippen LogP contribution in [-0.4, -0.2) is 61.1 Å². The number of fused-ring (bicyclic) bond motifs is 2. The third-order valence-corrected chi connectivity index (χ3v) is 5.52. The largest absolute Gasteiger partial charge is 0.368 e. The number of nitrogen functional groups attached to an aromatic ring is 1. The number of nitrogens with zero attached hydrogens (tertiary/aromatic N) is 6. The molecule has 2 aliphatic rings. The average Bonchev–Trinajstić information content (AvgIpc) is 3.17. The quantitative estimate of drug-likeness (QED) is 0.529. The highest BCUT2D eigenvalue weighted by atomic mass is 16.2. The van der Waals surface area contributed by atoms with E-state index in [2.05, 4.69) is 25.3 Å². The number of likely N-dealkylation sites (tertiary alicyclic amines) is 1. The van der Waals surface area contributed by atoms with Crippen molar-refractivity contribution in [2.75, 3.05) is 11.1 Å². The molecular weight excluding hydrogens is 371 g/mol. The first-order valence-corrected chi connectivity index (χ1v) is 9.48. The number of carbonyl (C=O) groups is 2. The molecule has 3 N–H and O–H groups in total. The molecule has 10 nitrogen and oxygen atoms in total. The summed E-state index contributed by atoms with van der Waals surface area (Å²) in [6, 6.07) is 5.07. The fourth-order valence-corrected chi connectivity index (χ4v) is 4.08. The molecule has 3 aromatic heterocycles. The molecule has 0 radical (unpaired) electrons. The molecule has 11 heteroatoms. The summed E-state index contributed by atoms with van der Waals surface area (Å²) in [6.07, 6.45) is 4.69. The molecule has 5 rings (SSSR count). The SMILES string of the molecule is Bc1cccc(NC(=O)[C@@H]2C[C@H]3C[C@H]3N2C(=O)Cn2cnc3cnc(N)nc32)n1. The smallest absolute Gasteiger partial charge is 0.248 e. The van der Waals surface area contributed by atoms with E-state index in [1.54, 1.807) is 21.9 Å². The predicted octanol–water partition coefficient (Wildman–Crippen LogP) is -1.31. The maximum atomic E-state index is 13.1. The molecule has 1 aliphatic carbocycles. The minimum atomic E-state index is -0.497. The molecule has 2 fully saturated rings. The Morgan fingerprint density at radius 2 is 2.10 bits per heavy atom. The third kappa shape index (κ3) is 3.18. The van der Waals surface area contributed by atoms with Crippen LogP contribution in [0.25, 0.3) is 11.2 Å². The monoisotopic (exact) mass is 390 g/mol. The Bertz CT molecular complexity index is 1130. The Hall–Kier alpha value is -3.50. The zero-order chi connectivity index (χ0) is 20.1. The minimum Gasteiger partial charge on any atom is -0.368 e. The maximum absolute atomic E-state index is 13.1. The maximum Gasteiger partial charge on any atom is 0.248 e. The Morgan fingerprint density at radius 3 is 2.93 bits per heavy atom. The van der Waals surface area contributed by atoms with Crippen LogP contribution in [0.15, 0.2) is 30.7 Å². The molecule has 146 valence electrons. The van der Waals surface area contributed by atoms with Crippen LogP contribution < -0.4 is 16.6 Å². The van der Waals surface area contributed by atoms with Crippen LogP contribution in [0.1, 0.15) is 12.8 Å². The number of amides is 2. The van der Waals surface area contributed by atoms with Gasteiger partial charge in [-0.25, -0.2) is 15.0 Å². The molecule has 0 aromatic carbocycles. The predicted molar refractivity (Wildman–Crippen MR) is 108 cm³/mol. The van der Waals surface area contributed by atoms with E-state index in [4.69, 9.17) is 5.73 Å². The average molecular weight is 390 g/mol. The number of carbonyl (C=O) groups excluding carboxylic acids is 2. The van der Waals surface area contributed by atoms with Crippen LogP contribution in [-0.2, 0) is 16.1 Å². The van der Waals surface area contributed by atoms with E-state index in [9.17, 15) is 9.59 Å². The first-order chi connectivity index (χ1) is 14.0. The lowest BCUT2D eigenvalue weighted by atomic mass is 10.0. The second-order valence-electron chi connectivity index (χ2n) is 7.58. The van der Waals surface area contributed by atoms with Crippen molar-refractivity contribution in [1.29, 1.82) is 0 Å². The summed E-state index contributed by atoms with van der Waals surface area (Å²) in [5, 5.41) is 2.85. The van der Waals surface area contributed by atoms with Gasteiger partial charge in [0.1, 0.15) is 23.9 Å².